The van der Waals surface area contributed by atoms with Crippen LogP contribution in [0.2, 0.25) is 0 Å². The van der Waals surface area contributed by atoms with Gasteiger partial charge >= 0.3 is 0 Å². The molecule has 1 amide bonds. The first-order valence-electron chi connectivity index (χ1n) is 8.98. The second-order valence-electron chi connectivity index (χ2n) is 6.87. The molecule has 0 saturated heterocycles. The van der Waals surface area contributed by atoms with Gasteiger partial charge in [-0.2, -0.15) is 10.1 Å². The summed E-state index contributed by atoms with van der Waals surface area (Å²) in [6.45, 7) is 2.56. The Morgan fingerprint density at radius 3 is 2.93 bits per heavy atom. The number of fused-ring (bicyclic) bond motifs is 1. The van der Waals surface area contributed by atoms with Gasteiger partial charge < -0.3 is 15.5 Å². The molecule has 1 aliphatic heterocycles. The van der Waals surface area contributed by atoms with Crippen molar-refractivity contribution in [3.63, 3.8) is 0 Å². The van der Waals surface area contributed by atoms with Crippen LogP contribution in [0.4, 0.5) is 26.2 Å². The number of aromatic nitrogens is 4. The molecule has 10 heteroatoms. The first-order chi connectivity index (χ1) is 13.9. The number of nitrogens with one attached hydrogen (secondary N) is 2. The third-order valence-corrected chi connectivity index (χ3v) is 4.56. The number of benzene rings is 1. The first-order valence-corrected chi connectivity index (χ1v) is 8.98. The standard InChI is InChI=1S/C19H19F2N7O/c1-11-17-18(27(2)10-16(29)25-17)26-19(24-11)22-6-12-7-23-28(8-12)9-13-5-14(20)3-4-15(13)21/h3-5,7-8H,6,9-10H2,1-2H3,(H,25,29)(H,22,24,26). The maximum Gasteiger partial charge on any atom is 0.244 e. The van der Waals surface area contributed by atoms with Gasteiger partial charge in [-0.3, -0.25) is 9.48 Å². The molecule has 4 rings (SSSR count). The number of hydrogen-bond donors (Lipinski definition) is 2. The molecular weight excluding hydrogens is 380 g/mol. The van der Waals surface area contributed by atoms with Crippen molar-refractivity contribution in [2.45, 2.75) is 20.0 Å². The second kappa shape index (κ2) is 7.46. The molecule has 0 aliphatic carbocycles. The molecule has 29 heavy (non-hydrogen) atoms. The molecule has 0 fully saturated rings. The molecule has 3 aromatic rings. The second-order valence-corrected chi connectivity index (χ2v) is 6.87. The fourth-order valence-corrected chi connectivity index (χ4v) is 3.13. The summed E-state index contributed by atoms with van der Waals surface area (Å²) in [5, 5.41) is 10.1. The van der Waals surface area contributed by atoms with E-state index in [1.165, 1.54) is 4.68 Å². The van der Waals surface area contributed by atoms with E-state index in [2.05, 4.69) is 25.7 Å². The minimum Gasteiger partial charge on any atom is -0.350 e. The van der Waals surface area contributed by atoms with Gasteiger partial charge in [-0.05, 0) is 25.1 Å². The zero-order valence-corrected chi connectivity index (χ0v) is 15.9. The van der Waals surface area contributed by atoms with E-state index < -0.39 is 11.6 Å². The van der Waals surface area contributed by atoms with Crippen LogP contribution in [0.5, 0.6) is 0 Å². The summed E-state index contributed by atoms with van der Waals surface area (Å²) in [5.74, 6) is 0.00635. The van der Waals surface area contributed by atoms with Gasteiger partial charge in [0.25, 0.3) is 0 Å². The molecule has 0 radical (unpaired) electrons. The van der Waals surface area contributed by atoms with Crippen molar-refractivity contribution in [2.24, 2.45) is 0 Å². The fraction of sp³-hybridized carbons (Fsp3) is 0.263. The van der Waals surface area contributed by atoms with Crippen molar-refractivity contribution in [2.75, 3.05) is 29.1 Å². The smallest absolute Gasteiger partial charge is 0.244 e. The highest BCUT2D eigenvalue weighted by atomic mass is 19.1. The van der Waals surface area contributed by atoms with Crippen LogP contribution in [0.1, 0.15) is 16.8 Å². The summed E-state index contributed by atoms with van der Waals surface area (Å²) in [4.78, 5) is 22.3. The molecule has 0 unspecified atom stereocenters. The van der Waals surface area contributed by atoms with Gasteiger partial charge in [0.2, 0.25) is 11.9 Å². The maximum absolute atomic E-state index is 13.8. The summed E-state index contributed by atoms with van der Waals surface area (Å²) >= 11 is 0. The Bertz CT molecular complexity index is 1080. The number of aryl methyl sites for hydroxylation is 1. The number of hydrogen-bond acceptors (Lipinski definition) is 6. The number of likely N-dealkylation sites (N-methyl/N-ethyl adjacent to an activating group) is 1. The lowest BCUT2D eigenvalue weighted by molar-refractivity contribution is -0.115. The quantitative estimate of drug-likeness (QED) is 0.685. The Morgan fingerprint density at radius 2 is 2.10 bits per heavy atom. The van der Waals surface area contributed by atoms with Crippen molar-refractivity contribution in [1.82, 2.24) is 19.7 Å². The lowest BCUT2D eigenvalue weighted by atomic mass is 10.2. The predicted molar refractivity (Wildman–Crippen MR) is 104 cm³/mol. The van der Waals surface area contributed by atoms with E-state index in [0.717, 1.165) is 23.8 Å². The number of carbonyl (C=O) groups excluding carboxylic acids is 1. The number of amides is 1. The van der Waals surface area contributed by atoms with E-state index in [4.69, 9.17) is 0 Å². The van der Waals surface area contributed by atoms with E-state index >= 15 is 0 Å². The van der Waals surface area contributed by atoms with Gasteiger partial charge in [0.1, 0.15) is 17.3 Å². The molecular formula is C19H19F2N7O. The molecule has 150 valence electrons. The minimum atomic E-state index is -0.489. The van der Waals surface area contributed by atoms with E-state index in [9.17, 15) is 13.6 Å². The molecule has 8 nitrogen and oxygen atoms in total. The molecule has 2 aromatic heterocycles. The molecule has 0 spiro atoms. The SMILES string of the molecule is Cc1nc(NCc2cnn(Cc3cc(F)ccc3F)c2)nc2c1NC(=O)CN2C. The molecule has 1 aromatic carbocycles. The Labute approximate surface area is 165 Å². The van der Waals surface area contributed by atoms with E-state index in [1.807, 2.05) is 0 Å². The molecule has 3 heterocycles. The van der Waals surface area contributed by atoms with Crippen LogP contribution in [0.25, 0.3) is 0 Å². The Morgan fingerprint density at radius 1 is 1.28 bits per heavy atom. The van der Waals surface area contributed by atoms with Gasteiger partial charge in [-0.1, -0.05) is 0 Å². The van der Waals surface area contributed by atoms with Crippen molar-refractivity contribution in [3.05, 3.63) is 59.0 Å². The summed E-state index contributed by atoms with van der Waals surface area (Å²) in [7, 11) is 1.80. The van der Waals surface area contributed by atoms with Gasteiger partial charge in [0.05, 0.1) is 25.0 Å². The fourth-order valence-electron chi connectivity index (χ4n) is 3.13. The zero-order chi connectivity index (χ0) is 20.5. The highest BCUT2D eigenvalue weighted by molar-refractivity contribution is 6.00. The molecule has 0 saturated carbocycles. The average Bonchev–Trinajstić information content (AvgIpc) is 3.11. The largest absolute Gasteiger partial charge is 0.350 e. The minimum absolute atomic E-state index is 0.102. The Kier molecular flexibility index (Phi) is 4.83. The number of halogens is 2. The van der Waals surface area contributed by atoms with Crippen molar-refractivity contribution in [1.29, 1.82) is 0 Å². The summed E-state index contributed by atoms with van der Waals surface area (Å²) in [6, 6.07) is 3.35. The first kappa shape index (κ1) is 18.8. The Balaban J connectivity index is 1.45. The third-order valence-electron chi connectivity index (χ3n) is 4.56. The van der Waals surface area contributed by atoms with Gasteiger partial charge in [0, 0.05) is 30.9 Å². The number of nitrogens with zero attached hydrogens (tertiary/aromatic N) is 5. The van der Waals surface area contributed by atoms with Gasteiger partial charge in [-0.15, -0.1) is 0 Å². The van der Waals surface area contributed by atoms with Crippen LogP contribution in [-0.2, 0) is 17.9 Å². The van der Waals surface area contributed by atoms with E-state index in [-0.39, 0.29) is 24.6 Å². The highest BCUT2D eigenvalue weighted by Crippen LogP contribution is 2.29. The summed E-state index contributed by atoms with van der Waals surface area (Å²) < 4.78 is 28.7. The summed E-state index contributed by atoms with van der Waals surface area (Å²) in [5.41, 5.74) is 2.34. The van der Waals surface area contributed by atoms with E-state index in [0.29, 0.717) is 29.7 Å². The van der Waals surface area contributed by atoms with Crippen LogP contribution >= 0.6 is 0 Å². The van der Waals surface area contributed by atoms with Crippen LogP contribution < -0.4 is 15.5 Å². The van der Waals surface area contributed by atoms with Crippen molar-refractivity contribution >= 4 is 23.4 Å². The highest BCUT2D eigenvalue weighted by Gasteiger charge is 2.23. The third kappa shape index (κ3) is 4.00. The van der Waals surface area contributed by atoms with Crippen LogP contribution in [-0.4, -0.2) is 39.2 Å². The topological polar surface area (TPSA) is 88.0 Å². The number of rotatable bonds is 5. The lowest BCUT2D eigenvalue weighted by Crippen LogP contribution is -2.36. The van der Waals surface area contributed by atoms with Gasteiger partial charge in [-0.25, -0.2) is 13.8 Å². The predicted octanol–water partition coefficient (Wildman–Crippen LogP) is 2.31. The number of anilines is 3. The summed E-state index contributed by atoms with van der Waals surface area (Å²) in [6.07, 6.45) is 3.39. The normalized spacial score (nSPS) is 13.2. The van der Waals surface area contributed by atoms with Crippen molar-refractivity contribution < 1.29 is 13.6 Å². The van der Waals surface area contributed by atoms with Crippen LogP contribution in [0.3, 0.4) is 0 Å². The molecule has 0 bridgehead atoms. The van der Waals surface area contributed by atoms with Gasteiger partial charge in [0.15, 0.2) is 5.82 Å². The molecule has 2 N–H and O–H groups in total. The van der Waals surface area contributed by atoms with E-state index in [1.54, 1.807) is 31.3 Å². The number of carbonyl (C=O) groups is 1. The molecule has 0 atom stereocenters. The van der Waals surface area contributed by atoms with Crippen LogP contribution in [0.15, 0.2) is 30.6 Å². The molecule has 1 aliphatic rings. The zero-order valence-electron chi connectivity index (χ0n) is 15.9. The maximum atomic E-state index is 13.8. The monoisotopic (exact) mass is 399 g/mol. The average molecular weight is 399 g/mol. The Hall–Kier alpha value is -3.56. The van der Waals surface area contributed by atoms with Crippen molar-refractivity contribution in [3.8, 4) is 0 Å². The lowest BCUT2D eigenvalue weighted by Gasteiger charge is -2.27. The van der Waals surface area contributed by atoms with Crippen LogP contribution in [0, 0.1) is 18.6 Å².